The Morgan fingerprint density at radius 3 is 2.38 bits per heavy atom. The molecule has 7 N–H and O–H groups in total. The molecule has 0 spiro atoms. The van der Waals surface area contributed by atoms with Crippen LogP contribution in [0.1, 0.15) is 13.2 Å². The van der Waals surface area contributed by atoms with E-state index in [0.717, 1.165) is 4.57 Å². The predicted octanol–water partition coefficient (Wildman–Crippen LogP) is -0.937. The van der Waals surface area contributed by atoms with E-state index in [0.29, 0.717) is 0 Å². The molecule has 1 saturated heterocycles. The van der Waals surface area contributed by atoms with Gasteiger partial charge in [0.15, 0.2) is 0 Å². The van der Waals surface area contributed by atoms with Gasteiger partial charge in [0.05, 0.1) is 12.7 Å². The molecule has 2 unspecified atom stereocenters. The Kier molecular flexibility index (Phi) is 7.23. The fourth-order valence-electron chi connectivity index (χ4n) is 2.44. The molecule has 0 amide bonds. The second-order valence-corrected chi connectivity index (χ2v) is 10.3. The molecule has 16 nitrogen and oxygen atoms in total. The minimum Gasteiger partial charge on any atom is -0.390 e. The number of aliphatic hydroxyl groups excluding tert-OH is 1. The Morgan fingerprint density at radius 1 is 1.21 bits per heavy atom. The second kappa shape index (κ2) is 8.63. The Balaban J connectivity index is 2.05. The minimum absolute atomic E-state index is 0.0401. The van der Waals surface area contributed by atoms with Crippen LogP contribution < -0.4 is 11.4 Å². The number of anilines is 1. The Bertz CT molecular complexity index is 946. The van der Waals surface area contributed by atoms with Gasteiger partial charge in [-0.1, -0.05) is 6.92 Å². The highest BCUT2D eigenvalue weighted by Crippen LogP contribution is 2.66. The first-order valence-electron chi connectivity index (χ1n) is 7.57. The molecule has 19 heteroatoms. The highest BCUT2D eigenvalue weighted by atomic mass is 31.3. The van der Waals surface area contributed by atoms with Crippen LogP contribution in [0.5, 0.6) is 0 Å². The lowest BCUT2D eigenvalue weighted by molar-refractivity contribution is -0.0467. The third-order valence-corrected chi connectivity index (χ3v) is 7.43. The molecule has 0 radical (unpaired) electrons. The smallest absolute Gasteiger partial charge is 0.390 e. The van der Waals surface area contributed by atoms with Crippen molar-refractivity contribution in [2.24, 2.45) is 5.92 Å². The van der Waals surface area contributed by atoms with Gasteiger partial charge in [-0.25, -0.2) is 18.5 Å². The van der Waals surface area contributed by atoms with Crippen LogP contribution in [0, 0.1) is 5.92 Å². The quantitative estimate of drug-likeness (QED) is 0.245. The van der Waals surface area contributed by atoms with Crippen molar-refractivity contribution in [2.75, 3.05) is 12.3 Å². The lowest BCUT2D eigenvalue weighted by Crippen LogP contribution is -2.31. The molecule has 166 valence electrons. The van der Waals surface area contributed by atoms with E-state index in [2.05, 4.69) is 18.1 Å². The van der Waals surface area contributed by atoms with Gasteiger partial charge in [-0.15, -0.1) is 0 Å². The summed E-state index contributed by atoms with van der Waals surface area (Å²) in [4.78, 5) is 50.9. The van der Waals surface area contributed by atoms with Gasteiger partial charge < -0.3 is 35.2 Å². The molecule has 6 atom stereocenters. The van der Waals surface area contributed by atoms with Crippen molar-refractivity contribution in [3.05, 3.63) is 22.7 Å². The van der Waals surface area contributed by atoms with Crippen LogP contribution in [0.15, 0.2) is 17.1 Å². The van der Waals surface area contributed by atoms with Gasteiger partial charge in [-0.3, -0.25) is 9.09 Å². The molecule has 2 heterocycles. The molecule has 0 aromatic carbocycles. The van der Waals surface area contributed by atoms with Crippen molar-refractivity contribution in [2.45, 2.75) is 25.4 Å². The second-order valence-electron chi connectivity index (χ2n) is 5.84. The summed E-state index contributed by atoms with van der Waals surface area (Å²) in [5.41, 5.74) is 4.61. The molecule has 0 aliphatic carbocycles. The number of aromatic nitrogens is 2. The fraction of sp³-hybridized carbons (Fsp3) is 0.600. The highest BCUT2D eigenvalue weighted by molar-refractivity contribution is 7.66. The topological polar surface area (TPSA) is 250 Å². The molecule has 0 saturated carbocycles. The first-order chi connectivity index (χ1) is 13.1. The number of aliphatic hydroxyl groups is 1. The SMILES string of the molecule is C[C@@H]1[C@H](O)[C@@H](COP(=O)(O)OP(=O)(O)OP(=O)(O)O)O[C@H]1n1ccc(N)nc1=O. The first kappa shape index (κ1) is 24.3. The molecule has 1 aliphatic rings. The third kappa shape index (κ3) is 6.76. The van der Waals surface area contributed by atoms with Crippen LogP contribution in [0.3, 0.4) is 0 Å². The lowest BCUT2D eigenvalue weighted by Gasteiger charge is -2.19. The van der Waals surface area contributed by atoms with Gasteiger partial charge in [0.1, 0.15) is 18.1 Å². The third-order valence-electron chi connectivity index (χ3n) is 3.63. The maximum Gasteiger partial charge on any atom is 0.490 e. The highest BCUT2D eigenvalue weighted by Gasteiger charge is 2.45. The van der Waals surface area contributed by atoms with Crippen molar-refractivity contribution in [3.63, 3.8) is 0 Å². The summed E-state index contributed by atoms with van der Waals surface area (Å²) in [6.45, 7) is 0.645. The number of hydrogen-bond donors (Lipinski definition) is 6. The number of ether oxygens (including phenoxy) is 1. The summed E-state index contributed by atoms with van der Waals surface area (Å²) in [7, 11) is -16.6. The summed E-state index contributed by atoms with van der Waals surface area (Å²) >= 11 is 0. The van der Waals surface area contributed by atoms with Gasteiger partial charge in [0, 0.05) is 12.1 Å². The summed E-state index contributed by atoms with van der Waals surface area (Å²) < 4.78 is 51.6. The Hall–Kier alpha value is -0.990. The van der Waals surface area contributed by atoms with E-state index in [4.69, 9.17) is 25.2 Å². The van der Waals surface area contributed by atoms with Gasteiger partial charge in [-0.05, 0) is 6.07 Å². The van der Waals surface area contributed by atoms with Gasteiger partial charge >= 0.3 is 29.2 Å². The van der Waals surface area contributed by atoms with Crippen LogP contribution in [0.25, 0.3) is 0 Å². The standard InChI is InChI=1S/C10H18N3O13P3/c1-5-8(14)6(24-9(5)13-3-2-7(11)12-10(13)15)4-23-28(19,20)26-29(21,22)25-27(16,17)18/h2-3,5-6,8-9,14H,4H2,1H3,(H,19,20)(H,21,22)(H2,11,12,15)(H2,16,17,18)/t5-,6-,8+,9-/m1/s1. The number of phosphoric acid groups is 3. The van der Waals surface area contributed by atoms with Crippen LogP contribution in [0.4, 0.5) is 5.82 Å². The molecular formula is C10H18N3O13P3. The predicted molar refractivity (Wildman–Crippen MR) is 91.8 cm³/mol. The zero-order valence-corrected chi connectivity index (χ0v) is 17.2. The molecule has 0 bridgehead atoms. The van der Waals surface area contributed by atoms with Gasteiger partial charge in [0.25, 0.3) is 0 Å². The van der Waals surface area contributed by atoms with Gasteiger partial charge in [-0.2, -0.15) is 13.6 Å². The molecule has 1 aromatic heterocycles. The number of phosphoric ester groups is 1. The summed E-state index contributed by atoms with van der Waals surface area (Å²) in [5.74, 6) is -0.755. The number of rotatable bonds is 8. The molecule has 1 aromatic rings. The lowest BCUT2D eigenvalue weighted by atomic mass is 10.0. The largest absolute Gasteiger partial charge is 0.490 e. The molecule has 1 aliphatic heterocycles. The van der Waals surface area contributed by atoms with Gasteiger partial charge in [0.2, 0.25) is 0 Å². The average molecular weight is 481 g/mol. The summed E-state index contributed by atoms with van der Waals surface area (Å²) in [6, 6.07) is 1.31. The number of nitrogen functional groups attached to an aromatic ring is 1. The van der Waals surface area contributed by atoms with Crippen LogP contribution in [-0.2, 0) is 31.6 Å². The van der Waals surface area contributed by atoms with Crippen molar-refractivity contribution >= 4 is 29.3 Å². The number of nitrogens with zero attached hydrogens (tertiary/aromatic N) is 2. The Morgan fingerprint density at radius 2 is 1.83 bits per heavy atom. The number of hydrogen-bond acceptors (Lipinski definition) is 11. The van der Waals surface area contributed by atoms with Crippen molar-refractivity contribution in [1.82, 2.24) is 9.55 Å². The minimum atomic E-state index is -5.67. The normalized spacial score (nSPS) is 29.3. The van der Waals surface area contributed by atoms with E-state index in [1.54, 1.807) is 0 Å². The average Bonchev–Trinajstić information content (AvgIpc) is 2.78. The van der Waals surface area contributed by atoms with E-state index < -0.39 is 60.1 Å². The van der Waals surface area contributed by atoms with Crippen LogP contribution in [0.2, 0.25) is 0 Å². The maximum atomic E-state index is 11.9. The van der Waals surface area contributed by atoms with E-state index in [9.17, 15) is 28.5 Å². The van der Waals surface area contributed by atoms with Crippen LogP contribution in [-0.4, -0.2) is 53.0 Å². The van der Waals surface area contributed by atoms with E-state index >= 15 is 0 Å². The zero-order chi connectivity index (χ0) is 22.2. The van der Waals surface area contributed by atoms with Crippen molar-refractivity contribution in [1.29, 1.82) is 0 Å². The summed E-state index contributed by atoms with van der Waals surface area (Å²) in [6.07, 6.45) is -2.37. The zero-order valence-electron chi connectivity index (χ0n) is 14.5. The van der Waals surface area contributed by atoms with E-state index in [1.165, 1.54) is 19.2 Å². The maximum absolute atomic E-state index is 11.9. The van der Waals surface area contributed by atoms with E-state index in [1.807, 2.05) is 0 Å². The van der Waals surface area contributed by atoms with Crippen LogP contribution >= 0.6 is 23.5 Å². The van der Waals surface area contributed by atoms with E-state index in [-0.39, 0.29) is 5.82 Å². The molecule has 2 rings (SSSR count). The molecule has 29 heavy (non-hydrogen) atoms. The monoisotopic (exact) mass is 481 g/mol. The fourth-order valence-corrected chi connectivity index (χ4v) is 5.47. The van der Waals surface area contributed by atoms with Crippen molar-refractivity contribution in [3.8, 4) is 0 Å². The van der Waals surface area contributed by atoms with Crippen molar-refractivity contribution < 1.29 is 56.3 Å². The molecular weight excluding hydrogens is 463 g/mol. The summed E-state index contributed by atoms with van der Waals surface area (Å²) in [5, 5.41) is 10.2. The Labute approximate surface area is 162 Å². The molecule has 1 fully saturated rings. The number of nitrogens with two attached hydrogens (primary N) is 1. The first-order valence-corrected chi connectivity index (χ1v) is 12.1.